The Kier molecular flexibility index (Phi) is 4.67. The van der Waals surface area contributed by atoms with Gasteiger partial charge < -0.3 is 15.6 Å². The molecule has 0 radical (unpaired) electrons. The Bertz CT molecular complexity index is 1220. The first kappa shape index (κ1) is 18.4. The van der Waals surface area contributed by atoms with Crippen molar-refractivity contribution in [2.45, 2.75) is 19.3 Å². The minimum Gasteiger partial charge on any atom is -0.352 e. The summed E-state index contributed by atoms with van der Waals surface area (Å²) < 4.78 is 0. The minimum absolute atomic E-state index is 0.0124. The van der Waals surface area contributed by atoms with E-state index < -0.39 is 0 Å². The summed E-state index contributed by atoms with van der Waals surface area (Å²) in [5, 5.41) is 7.87. The molecule has 1 fully saturated rings. The first-order chi connectivity index (χ1) is 14.7. The topological polar surface area (TPSA) is 86.9 Å². The molecule has 5 rings (SSSR count). The van der Waals surface area contributed by atoms with Crippen LogP contribution in [-0.2, 0) is 11.2 Å². The second-order valence-electron chi connectivity index (χ2n) is 7.72. The van der Waals surface area contributed by atoms with Crippen LogP contribution in [0.4, 0.5) is 5.69 Å². The van der Waals surface area contributed by atoms with Crippen molar-refractivity contribution in [2.24, 2.45) is 5.92 Å². The number of nitrogens with one attached hydrogen (secondary N) is 3. The highest BCUT2D eigenvalue weighted by molar-refractivity contribution is 6.08. The molecule has 30 heavy (non-hydrogen) atoms. The van der Waals surface area contributed by atoms with Gasteiger partial charge in [0.15, 0.2) is 0 Å². The smallest absolute Gasteiger partial charge is 0.253 e. The Hall–Kier alpha value is -3.67. The van der Waals surface area contributed by atoms with Gasteiger partial charge in [0.1, 0.15) is 5.82 Å². The molecule has 1 aliphatic rings. The maximum atomic E-state index is 12.9. The summed E-state index contributed by atoms with van der Waals surface area (Å²) in [5.41, 5.74) is 2.94. The highest BCUT2D eigenvalue weighted by atomic mass is 16.2. The van der Waals surface area contributed by atoms with Crippen LogP contribution in [0.25, 0.3) is 21.8 Å². The van der Waals surface area contributed by atoms with Gasteiger partial charge in [0.2, 0.25) is 5.91 Å². The van der Waals surface area contributed by atoms with Gasteiger partial charge in [0, 0.05) is 18.9 Å². The highest BCUT2D eigenvalue weighted by Crippen LogP contribution is 2.32. The van der Waals surface area contributed by atoms with E-state index in [0.29, 0.717) is 24.2 Å². The Labute approximate surface area is 173 Å². The van der Waals surface area contributed by atoms with Crippen molar-refractivity contribution in [1.82, 2.24) is 15.3 Å². The number of hydrogen-bond donors (Lipinski definition) is 3. The lowest BCUT2D eigenvalue weighted by molar-refractivity contribution is -0.117. The number of para-hydroxylation sites is 2. The highest BCUT2D eigenvalue weighted by Gasteiger charge is 2.30. The predicted molar refractivity (Wildman–Crippen MR) is 117 cm³/mol. The van der Waals surface area contributed by atoms with E-state index in [1.165, 1.54) is 0 Å². The minimum atomic E-state index is -0.206. The zero-order chi connectivity index (χ0) is 20.5. The second kappa shape index (κ2) is 7.63. The van der Waals surface area contributed by atoms with Crippen LogP contribution >= 0.6 is 0 Å². The van der Waals surface area contributed by atoms with Crippen LogP contribution < -0.4 is 10.6 Å². The molecule has 4 aromatic rings. The molecule has 0 unspecified atom stereocenters. The second-order valence-corrected chi connectivity index (χ2v) is 7.72. The van der Waals surface area contributed by atoms with Crippen LogP contribution in [0.5, 0.6) is 0 Å². The molecule has 150 valence electrons. The van der Waals surface area contributed by atoms with Gasteiger partial charge in [-0.05, 0) is 47.9 Å². The number of carbonyl (C=O) groups excluding carboxylic acids is 2. The molecule has 0 saturated heterocycles. The number of rotatable bonds is 6. The fourth-order valence-corrected chi connectivity index (χ4v) is 3.63. The Balaban J connectivity index is 1.33. The van der Waals surface area contributed by atoms with E-state index in [2.05, 4.69) is 20.6 Å². The number of amides is 2. The van der Waals surface area contributed by atoms with E-state index in [1.54, 1.807) is 0 Å². The van der Waals surface area contributed by atoms with Crippen molar-refractivity contribution >= 4 is 39.3 Å². The molecule has 6 heteroatoms. The van der Waals surface area contributed by atoms with Gasteiger partial charge in [-0.2, -0.15) is 0 Å². The molecule has 1 aromatic heterocycles. The van der Waals surface area contributed by atoms with E-state index >= 15 is 0 Å². The largest absolute Gasteiger partial charge is 0.352 e. The lowest BCUT2D eigenvalue weighted by Crippen LogP contribution is -2.27. The van der Waals surface area contributed by atoms with Crippen molar-refractivity contribution in [3.8, 4) is 0 Å². The summed E-state index contributed by atoms with van der Waals surface area (Å²) in [4.78, 5) is 33.1. The maximum absolute atomic E-state index is 12.9. The molecule has 0 spiro atoms. The molecule has 3 aromatic carbocycles. The van der Waals surface area contributed by atoms with Crippen LogP contribution in [0.15, 0.2) is 60.7 Å². The van der Waals surface area contributed by atoms with E-state index in [-0.39, 0.29) is 17.7 Å². The Morgan fingerprint density at radius 1 is 1.00 bits per heavy atom. The summed E-state index contributed by atoms with van der Waals surface area (Å²) >= 11 is 0. The van der Waals surface area contributed by atoms with Crippen molar-refractivity contribution < 1.29 is 9.59 Å². The average Bonchev–Trinajstić information content (AvgIpc) is 3.53. The molecular formula is C24H22N4O2. The molecule has 2 amide bonds. The molecular weight excluding hydrogens is 376 g/mol. The van der Waals surface area contributed by atoms with E-state index in [0.717, 1.165) is 40.5 Å². The summed E-state index contributed by atoms with van der Waals surface area (Å²) in [7, 11) is 0. The van der Waals surface area contributed by atoms with Gasteiger partial charge in [-0.3, -0.25) is 9.59 Å². The Morgan fingerprint density at radius 2 is 1.73 bits per heavy atom. The van der Waals surface area contributed by atoms with Gasteiger partial charge in [0.25, 0.3) is 5.91 Å². The zero-order valence-corrected chi connectivity index (χ0v) is 16.4. The van der Waals surface area contributed by atoms with Crippen LogP contribution in [0.3, 0.4) is 0 Å². The summed E-state index contributed by atoms with van der Waals surface area (Å²) in [5.74, 6) is 0.683. The number of nitrogens with zero attached hydrogens (tertiary/aromatic N) is 1. The van der Waals surface area contributed by atoms with Crippen molar-refractivity contribution in [1.29, 1.82) is 0 Å². The van der Waals surface area contributed by atoms with Gasteiger partial charge >= 0.3 is 0 Å². The van der Waals surface area contributed by atoms with Gasteiger partial charge in [0.05, 0.1) is 22.3 Å². The number of H-pyrrole nitrogens is 1. The first-order valence-electron chi connectivity index (χ1n) is 10.2. The zero-order valence-electron chi connectivity index (χ0n) is 16.4. The third-order valence-electron chi connectivity index (χ3n) is 5.42. The molecule has 0 bridgehead atoms. The first-order valence-corrected chi connectivity index (χ1v) is 10.2. The van der Waals surface area contributed by atoms with Crippen LogP contribution in [0.1, 0.15) is 29.0 Å². The number of fused-ring (bicyclic) bond motifs is 2. The van der Waals surface area contributed by atoms with Crippen LogP contribution in [0.2, 0.25) is 0 Å². The maximum Gasteiger partial charge on any atom is 0.253 e. The molecule has 1 aliphatic carbocycles. The van der Waals surface area contributed by atoms with Crippen LogP contribution in [0, 0.1) is 5.92 Å². The number of imidazole rings is 1. The Morgan fingerprint density at radius 3 is 2.50 bits per heavy atom. The number of aromatic amines is 1. The van der Waals surface area contributed by atoms with E-state index in [9.17, 15) is 9.59 Å². The van der Waals surface area contributed by atoms with Gasteiger partial charge in [-0.1, -0.05) is 36.4 Å². The summed E-state index contributed by atoms with van der Waals surface area (Å²) in [6.45, 7) is 0.446. The summed E-state index contributed by atoms with van der Waals surface area (Å²) in [6, 6.07) is 19.4. The molecule has 0 aliphatic heterocycles. The van der Waals surface area contributed by atoms with Crippen molar-refractivity contribution in [3.63, 3.8) is 0 Å². The number of anilines is 1. The molecule has 1 heterocycles. The third-order valence-corrected chi connectivity index (χ3v) is 5.42. The SMILES string of the molecule is O=C(NCCc1nc2ccccc2[nH]1)c1cc2ccccc2cc1NC(=O)C1CC1. The molecule has 6 nitrogen and oxygen atoms in total. The summed E-state index contributed by atoms with van der Waals surface area (Å²) in [6.07, 6.45) is 2.43. The van der Waals surface area contributed by atoms with Crippen molar-refractivity contribution in [2.75, 3.05) is 11.9 Å². The monoisotopic (exact) mass is 398 g/mol. The normalized spacial score (nSPS) is 13.5. The fraction of sp³-hybridized carbons (Fsp3) is 0.208. The average molecular weight is 398 g/mol. The lowest BCUT2D eigenvalue weighted by Gasteiger charge is -2.13. The standard InChI is InChI=1S/C24H22N4O2/c29-23(15-9-10-15)28-21-14-17-6-2-1-5-16(17)13-18(21)24(30)25-12-11-22-26-19-7-3-4-8-20(19)27-22/h1-8,13-15H,9-12H2,(H,25,30)(H,26,27)(H,28,29). The quantitative estimate of drug-likeness (QED) is 0.458. The number of benzene rings is 3. The van der Waals surface area contributed by atoms with Gasteiger partial charge in [-0.25, -0.2) is 4.98 Å². The van der Waals surface area contributed by atoms with Crippen LogP contribution in [-0.4, -0.2) is 28.3 Å². The fourth-order valence-electron chi connectivity index (χ4n) is 3.63. The molecule has 3 N–H and O–H groups in total. The third kappa shape index (κ3) is 3.76. The predicted octanol–water partition coefficient (Wildman–Crippen LogP) is 4.04. The molecule has 0 atom stereocenters. The van der Waals surface area contributed by atoms with Crippen molar-refractivity contribution in [3.05, 3.63) is 72.1 Å². The number of carbonyl (C=O) groups is 2. The van der Waals surface area contributed by atoms with E-state index in [1.807, 2.05) is 60.7 Å². The van der Waals surface area contributed by atoms with Gasteiger partial charge in [-0.15, -0.1) is 0 Å². The number of hydrogen-bond acceptors (Lipinski definition) is 3. The van der Waals surface area contributed by atoms with E-state index in [4.69, 9.17) is 0 Å². The lowest BCUT2D eigenvalue weighted by atomic mass is 10.0. The molecule has 1 saturated carbocycles. The number of aromatic nitrogens is 2.